The van der Waals surface area contributed by atoms with Crippen LogP contribution in [0.5, 0.6) is 11.5 Å². The molecule has 0 heterocycles. The standard InChI is InChI=1S/C24H31NO3/c1-14(2)20-13-18(9-12-21(26)17-7-10-19(25)11-8-17)24(28-16(5)6)22(15(3)4)23(20)27/h7-16,27H,25H2,1-6H3. The lowest BCUT2D eigenvalue weighted by atomic mass is 9.90. The van der Waals surface area contributed by atoms with E-state index in [1.165, 1.54) is 0 Å². The molecule has 0 spiro atoms. The molecule has 2 aromatic carbocycles. The maximum Gasteiger partial charge on any atom is 0.185 e. The van der Waals surface area contributed by atoms with Crippen LogP contribution < -0.4 is 10.5 Å². The monoisotopic (exact) mass is 381 g/mol. The molecule has 2 aromatic rings. The molecule has 0 radical (unpaired) electrons. The number of ketones is 1. The van der Waals surface area contributed by atoms with Gasteiger partial charge in [-0.2, -0.15) is 0 Å². The molecule has 0 aromatic heterocycles. The van der Waals surface area contributed by atoms with Crippen molar-refractivity contribution in [3.63, 3.8) is 0 Å². The Bertz CT molecular complexity index is 862. The molecule has 0 atom stereocenters. The molecule has 4 nitrogen and oxygen atoms in total. The first kappa shape index (κ1) is 21.5. The Morgan fingerprint density at radius 1 is 1.04 bits per heavy atom. The van der Waals surface area contributed by atoms with Crippen LogP contribution in [0.4, 0.5) is 5.69 Å². The van der Waals surface area contributed by atoms with Crippen molar-refractivity contribution in [2.45, 2.75) is 59.5 Å². The summed E-state index contributed by atoms with van der Waals surface area (Å²) < 4.78 is 6.07. The Morgan fingerprint density at radius 2 is 1.64 bits per heavy atom. The summed E-state index contributed by atoms with van der Waals surface area (Å²) in [4.78, 5) is 12.5. The maximum absolute atomic E-state index is 12.5. The molecule has 0 saturated carbocycles. The number of phenolic OH excluding ortho intramolecular Hbond substituents is 1. The third-order valence-electron chi connectivity index (χ3n) is 4.51. The Morgan fingerprint density at radius 3 is 2.14 bits per heavy atom. The van der Waals surface area contributed by atoms with Crippen molar-refractivity contribution < 1.29 is 14.6 Å². The summed E-state index contributed by atoms with van der Waals surface area (Å²) in [7, 11) is 0. The number of nitrogens with two attached hydrogens (primary N) is 1. The first-order chi connectivity index (χ1) is 13.1. The first-order valence-electron chi connectivity index (χ1n) is 9.76. The van der Waals surface area contributed by atoms with Crippen molar-refractivity contribution in [3.8, 4) is 11.5 Å². The summed E-state index contributed by atoms with van der Waals surface area (Å²) >= 11 is 0. The number of phenols is 1. The quantitative estimate of drug-likeness (QED) is 0.355. The maximum atomic E-state index is 12.5. The molecule has 0 amide bonds. The van der Waals surface area contributed by atoms with E-state index >= 15 is 0 Å². The van der Waals surface area contributed by atoms with E-state index in [1.807, 2.05) is 47.6 Å². The van der Waals surface area contributed by atoms with Crippen molar-refractivity contribution >= 4 is 17.5 Å². The number of aromatic hydroxyl groups is 1. The highest BCUT2D eigenvalue weighted by molar-refractivity contribution is 6.07. The zero-order valence-corrected chi connectivity index (χ0v) is 17.6. The number of carbonyl (C=O) groups is 1. The molecule has 150 valence electrons. The van der Waals surface area contributed by atoms with E-state index in [2.05, 4.69) is 0 Å². The summed E-state index contributed by atoms with van der Waals surface area (Å²) in [6, 6.07) is 8.76. The van der Waals surface area contributed by atoms with Gasteiger partial charge in [0.15, 0.2) is 5.78 Å². The van der Waals surface area contributed by atoms with Crippen molar-refractivity contribution in [2.24, 2.45) is 0 Å². The number of rotatable bonds is 7. The molecular formula is C24H31NO3. The van der Waals surface area contributed by atoms with Crippen LogP contribution >= 0.6 is 0 Å². The van der Waals surface area contributed by atoms with Gasteiger partial charge < -0.3 is 15.6 Å². The molecule has 0 aliphatic rings. The molecule has 28 heavy (non-hydrogen) atoms. The van der Waals surface area contributed by atoms with Crippen LogP contribution in [0.25, 0.3) is 6.08 Å². The van der Waals surface area contributed by atoms with Crippen molar-refractivity contribution in [1.82, 2.24) is 0 Å². The van der Waals surface area contributed by atoms with Gasteiger partial charge in [-0.25, -0.2) is 0 Å². The summed E-state index contributed by atoms with van der Waals surface area (Å²) in [6.45, 7) is 12.0. The molecule has 0 aliphatic carbocycles. The Labute approximate surface area is 168 Å². The normalized spacial score (nSPS) is 11.8. The van der Waals surface area contributed by atoms with Gasteiger partial charge in [-0.15, -0.1) is 0 Å². The average molecular weight is 382 g/mol. The lowest BCUT2D eigenvalue weighted by Gasteiger charge is -2.23. The van der Waals surface area contributed by atoms with Gasteiger partial charge >= 0.3 is 0 Å². The minimum Gasteiger partial charge on any atom is -0.507 e. The van der Waals surface area contributed by atoms with Crippen molar-refractivity contribution in [3.05, 3.63) is 58.7 Å². The number of nitrogen functional groups attached to an aromatic ring is 1. The SMILES string of the molecule is CC(C)Oc1c(C=CC(=O)c2ccc(N)cc2)cc(C(C)C)c(O)c1C(C)C. The Balaban J connectivity index is 2.56. The highest BCUT2D eigenvalue weighted by atomic mass is 16.5. The van der Waals surface area contributed by atoms with Gasteiger partial charge in [0, 0.05) is 22.4 Å². The number of allylic oxidation sites excluding steroid dienone is 1. The molecule has 0 fully saturated rings. The topological polar surface area (TPSA) is 72.5 Å². The predicted octanol–water partition coefficient (Wildman–Crippen LogP) is 5.90. The number of hydrogen-bond acceptors (Lipinski definition) is 4. The Hall–Kier alpha value is -2.75. The van der Waals surface area contributed by atoms with Crippen LogP contribution in [0.3, 0.4) is 0 Å². The molecule has 3 N–H and O–H groups in total. The van der Waals surface area contributed by atoms with E-state index in [4.69, 9.17) is 10.5 Å². The van der Waals surface area contributed by atoms with Gasteiger partial charge in [-0.05, 0) is 73.7 Å². The summed E-state index contributed by atoms with van der Waals surface area (Å²) in [5.74, 6) is 1.02. The fourth-order valence-corrected chi connectivity index (χ4v) is 3.10. The van der Waals surface area contributed by atoms with Crippen LogP contribution in [-0.4, -0.2) is 17.0 Å². The van der Waals surface area contributed by atoms with E-state index in [0.717, 1.165) is 16.7 Å². The number of benzene rings is 2. The third-order valence-corrected chi connectivity index (χ3v) is 4.51. The van der Waals surface area contributed by atoms with Crippen molar-refractivity contribution in [2.75, 3.05) is 5.73 Å². The van der Waals surface area contributed by atoms with Gasteiger partial charge in [0.25, 0.3) is 0 Å². The van der Waals surface area contributed by atoms with E-state index < -0.39 is 0 Å². The minimum atomic E-state index is -0.110. The molecule has 0 saturated heterocycles. The van der Waals surface area contributed by atoms with E-state index in [-0.39, 0.29) is 29.5 Å². The fourth-order valence-electron chi connectivity index (χ4n) is 3.10. The van der Waals surface area contributed by atoms with Gasteiger partial charge in [0.1, 0.15) is 11.5 Å². The second-order valence-electron chi connectivity index (χ2n) is 7.94. The van der Waals surface area contributed by atoms with E-state index in [9.17, 15) is 9.90 Å². The van der Waals surface area contributed by atoms with Crippen LogP contribution in [0, 0.1) is 0 Å². The number of hydrogen-bond donors (Lipinski definition) is 2. The van der Waals surface area contributed by atoms with Gasteiger partial charge in [-0.3, -0.25) is 4.79 Å². The third kappa shape index (κ3) is 4.94. The number of ether oxygens (including phenoxy) is 1. The minimum absolute atomic E-state index is 0.0539. The van der Waals surface area contributed by atoms with E-state index in [0.29, 0.717) is 17.0 Å². The van der Waals surface area contributed by atoms with Crippen LogP contribution in [0.15, 0.2) is 36.4 Å². The van der Waals surface area contributed by atoms with Gasteiger partial charge in [0.2, 0.25) is 0 Å². The highest BCUT2D eigenvalue weighted by Gasteiger charge is 2.22. The molecular weight excluding hydrogens is 350 g/mol. The second-order valence-corrected chi connectivity index (χ2v) is 7.94. The average Bonchev–Trinajstić information content (AvgIpc) is 2.60. The zero-order valence-electron chi connectivity index (χ0n) is 17.6. The summed E-state index contributed by atoms with van der Waals surface area (Å²) in [6.07, 6.45) is 3.26. The predicted molar refractivity (Wildman–Crippen MR) is 116 cm³/mol. The second kappa shape index (κ2) is 8.96. The molecule has 0 bridgehead atoms. The summed E-state index contributed by atoms with van der Waals surface area (Å²) in [5.41, 5.74) is 9.30. The fraction of sp³-hybridized carbons (Fsp3) is 0.375. The van der Waals surface area contributed by atoms with Crippen LogP contribution in [0.1, 0.15) is 80.4 Å². The molecule has 2 rings (SSSR count). The molecule has 4 heteroatoms. The highest BCUT2D eigenvalue weighted by Crippen LogP contribution is 2.43. The van der Waals surface area contributed by atoms with Crippen molar-refractivity contribution in [1.29, 1.82) is 0 Å². The van der Waals surface area contributed by atoms with E-state index in [1.54, 1.807) is 36.4 Å². The molecule has 0 aliphatic heterocycles. The Kier molecular flexibility index (Phi) is 6.90. The number of anilines is 1. The zero-order chi connectivity index (χ0) is 21.0. The first-order valence-corrected chi connectivity index (χ1v) is 9.76. The number of carbonyl (C=O) groups excluding carboxylic acids is 1. The lowest BCUT2D eigenvalue weighted by Crippen LogP contribution is -2.11. The van der Waals surface area contributed by atoms with Crippen LogP contribution in [0.2, 0.25) is 0 Å². The van der Waals surface area contributed by atoms with Gasteiger partial charge in [-0.1, -0.05) is 27.7 Å². The molecule has 0 unspecified atom stereocenters. The van der Waals surface area contributed by atoms with Gasteiger partial charge in [0.05, 0.1) is 6.10 Å². The largest absolute Gasteiger partial charge is 0.507 e. The summed E-state index contributed by atoms with van der Waals surface area (Å²) in [5, 5.41) is 10.8. The van der Waals surface area contributed by atoms with Crippen LogP contribution in [-0.2, 0) is 0 Å². The smallest absolute Gasteiger partial charge is 0.185 e. The lowest BCUT2D eigenvalue weighted by molar-refractivity contribution is 0.104.